The van der Waals surface area contributed by atoms with Gasteiger partial charge in [-0.15, -0.1) is 0 Å². The highest BCUT2D eigenvalue weighted by Crippen LogP contribution is 2.43. The standard InChI is InChI=1S/C21H19F4NO4/c1-11-14-8-7-13(21(23,24)25)9-16(14)26(19(30-3)17(11)20(27)28)10-12-5-4-6-15(22)18(12)29-2/h4-9,19H,10H2,1-3H3,(H,27,28). The lowest BCUT2D eigenvalue weighted by atomic mass is 9.91. The maximum atomic E-state index is 14.1. The lowest BCUT2D eigenvalue weighted by molar-refractivity contribution is -0.137. The summed E-state index contributed by atoms with van der Waals surface area (Å²) in [6.07, 6.45) is -5.78. The number of carbonyl (C=O) groups is 1. The fraction of sp³-hybridized carbons (Fsp3) is 0.286. The van der Waals surface area contributed by atoms with E-state index in [0.29, 0.717) is 16.7 Å². The molecular weight excluding hydrogens is 406 g/mol. The van der Waals surface area contributed by atoms with E-state index in [4.69, 9.17) is 9.47 Å². The molecule has 160 valence electrons. The summed E-state index contributed by atoms with van der Waals surface area (Å²) in [6.45, 7) is 1.37. The zero-order valence-corrected chi connectivity index (χ0v) is 16.4. The summed E-state index contributed by atoms with van der Waals surface area (Å²) in [5.74, 6) is -1.99. The van der Waals surface area contributed by atoms with E-state index in [0.717, 1.165) is 12.1 Å². The van der Waals surface area contributed by atoms with E-state index in [1.54, 1.807) is 6.07 Å². The SMILES string of the molecule is COc1c(F)cccc1CN1c2cc(C(F)(F)F)ccc2C(C)=C(C(=O)O)C1OC. The minimum absolute atomic E-state index is 0.0796. The Morgan fingerprint density at radius 3 is 2.47 bits per heavy atom. The molecule has 0 aromatic heterocycles. The summed E-state index contributed by atoms with van der Waals surface area (Å²) >= 11 is 0. The normalized spacial score (nSPS) is 16.5. The van der Waals surface area contributed by atoms with Crippen LogP contribution in [0, 0.1) is 5.82 Å². The molecule has 0 amide bonds. The molecule has 0 spiro atoms. The minimum atomic E-state index is -4.59. The van der Waals surface area contributed by atoms with Gasteiger partial charge in [-0.2, -0.15) is 13.2 Å². The molecule has 0 bridgehead atoms. The van der Waals surface area contributed by atoms with Crippen molar-refractivity contribution < 1.29 is 36.9 Å². The molecule has 5 nitrogen and oxygen atoms in total. The molecule has 1 atom stereocenters. The highest BCUT2D eigenvalue weighted by atomic mass is 19.4. The van der Waals surface area contributed by atoms with Crippen LogP contribution in [0.5, 0.6) is 5.75 Å². The molecule has 0 aliphatic carbocycles. The Morgan fingerprint density at radius 1 is 1.20 bits per heavy atom. The number of methoxy groups -OCH3 is 2. The van der Waals surface area contributed by atoms with Crippen LogP contribution in [0.2, 0.25) is 0 Å². The Labute approximate surface area is 170 Å². The van der Waals surface area contributed by atoms with E-state index in [1.807, 2.05) is 0 Å². The Hall–Kier alpha value is -3.07. The molecule has 1 heterocycles. The van der Waals surface area contributed by atoms with Crippen LogP contribution in [0.3, 0.4) is 0 Å². The third-order valence-corrected chi connectivity index (χ3v) is 5.02. The zero-order chi connectivity index (χ0) is 22.2. The third kappa shape index (κ3) is 3.72. The van der Waals surface area contributed by atoms with Crippen LogP contribution in [0.1, 0.15) is 23.6 Å². The van der Waals surface area contributed by atoms with Gasteiger partial charge in [0.1, 0.15) is 0 Å². The number of allylic oxidation sites excluding steroid dienone is 1. The van der Waals surface area contributed by atoms with Gasteiger partial charge in [0.15, 0.2) is 17.8 Å². The number of carboxylic acids is 1. The van der Waals surface area contributed by atoms with Crippen molar-refractivity contribution in [3.63, 3.8) is 0 Å². The first-order valence-corrected chi connectivity index (χ1v) is 8.86. The molecule has 0 saturated heterocycles. The highest BCUT2D eigenvalue weighted by Gasteiger charge is 2.38. The second-order valence-electron chi connectivity index (χ2n) is 6.72. The number of hydrogen-bond acceptors (Lipinski definition) is 4. The summed E-state index contributed by atoms with van der Waals surface area (Å²) in [5.41, 5.74) is 0.0707. The summed E-state index contributed by atoms with van der Waals surface area (Å²) < 4.78 is 64.6. The van der Waals surface area contributed by atoms with Crippen molar-refractivity contribution in [3.05, 3.63) is 64.5 Å². The summed E-state index contributed by atoms with van der Waals surface area (Å²) in [7, 11) is 2.53. The number of halogens is 4. The van der Waals surface area contributed by atoms with Gasteiger partial charge in [0.25, 0.3) is 0 Å². The lowest BCUT2D eigenvalue weighted by Crippen LogP contribution is -2.43. The second-order valence-corrected chi connectivity index (χ2v) is 6.72. The number of anilines is 1. The van der Waals surface area contributed by atoms with Crippen molar-refractivity contribution >= 4 is 17.2 Å². The number of aliphatic carboxylic acids is 1. The predicted octanol–water partition coefficient (Wildman–Crippen LogP) is 4.70. The van der Waals surface area contributed by atoms with E-state index in [9.17, 15) is 27.5 Å². The number of ether oxygens (including phenoxy) is 2. The number of benzene rings is 2. The number of hydrogen-bond donors (Lipinski definition) is 1. The molecule has 0 radical (unpaired) electrons. The number of rotatable bonds is 5. The molecule has 0 fully saturated rings. The number of fused-ring (bicyclic) bond motifs is 1. The molecule has 9 heteroatoms. The van der Waals surface area contributed by atoms with Gasteiger partial charge in [-0.1, -0.05) is 18.2 Å². The van der Waals surface area contributed by atoms with Crippen molar-refractivity contribution in [2.24, 2.45) is 0 Å². The molecular formula is C21H19F4NO4. The number of carboxylic acid groups (broad SMARTS) is 1. The third-order valence-electron chi connectivity index (χ3n) is 5.02. The van der Waals surface area contributed by atoms with Gasteiger partial charge in [0.05, 0.1) is 18.2 Å². The molecule has 3 rings (SSSR count). The number of para-hydroxylation sites is 1. The van der Waals surface area contributed by atoms with Gasteiger partial charge in [0, 0.05) is 30.5 Å². The predicted molar refractivity (Wildman–Crippen MR) is 102 cm³/mol. The molecule has 0 saturated carbocycles. The Balaban J connectivity index is 2.23. The van der Waals surface area contributed by atoms with Crippen LogP contribution in [0.4, 0.5) is 23.2 Å². The Bertz CT molecular complexity index is 1020. The Morgan fingerprint density at radius 2 is 1.90 bits per heavy atom. The summed E-state index contributed by atoms with van der Waals surface area (Å²) in [4.78, 5) is 13.3. The van der Waals surface area contributed by atoms with E-state index >= 15 is 0 Å². The number of alkyl halides is 3. The molecule has 1 unspecified atom stereocenters. The van der Waals surface area contributed by atoms with Gasteiger partial charge in [-0.05, 0) is 30.7 Å². The largest absolute Gasteiger partial charge is 0.493 e. The molecule has 1 N–H and O–H groups in total. The van der Waals surface area contributed by atoms with Crippen molar-refractivity contribution in [1.29, 1.82) is 0 Å². The monoisotopic (exact) mass is 425 g/mol. The van der Waals surface area contributed by atoms with Crippen LogP contribution >= 0.6 is 0 Å². The average molecular weight is 425 g/mol. The van der Waals surface area contributed by atoms with E-state index in [-0.39, 0.29) is 23.6 Å². The molecule has 2 aromatic rings. The second kappa shape index (κ2) is 7.98. The average Bonchev–Trinajstić information content (AvgIpc) is 2.68. The van der Waals surface area contributed by atoms with Crippen LogP contribution < -0.4 is 9.64 Å². The minimum Gasteiger partial charge on any atom is -0.493 e. The first kappa shape index (κ1) is 21.6. The maximum absolute atomic E-state index is 14.1. The van der Waals surface area contributed by atoms with Gasteiger partial charge in [0.2, 0.25) is 0 Å². The van der Waals surface area contributed by atoms with Crippen LogP contribution in [0.25, 0.3) is 5.57 Å². The first-order valence-electron chi connectivity index (χ1n) is 8.86. The van der Waals surface area contributed by atoms with Crippen LogP contribution in [-0.2, 0) is 22.3 Å². The van der Waals surface area contributed by atoms with Crippen LogP contribution in [-0.4, -0.2) is 31.5 Å². The van der Waals surface area contributed by atoms with Crippen molar-refractivity contribution in [2.45, 2.75) is 25.9 Å². The molecule has 1 aliphatic rings. The maximum Gasteiger partial charge on any atom is 0.416 e. The smallest absolute Gasteiger partial charge is 0.416 e. The van der Waals surface area contributed by atoms with E-state index < -0.39 is 29.8 Å². The van der Waals surface area contributed by atoms with Gasteiger partial charge < -0.3 is 19.5 Å². The fourth-order valence-electron chi connectivity index (χ4n) is 3.64. The quantitative estimate of drug-likeness (QED) is 0.704. The first-order chi connectivity index (χ1) is 14.1. The highest BCUT2D eigenvalue weighted by molar-refractivity contribution is 6.01. The molecule has 30 heavy (non-hydrogen) atoms. The topological polar surface area (TPSA) is 59.0 Å². The van der Waals surface area contributed by atoms with Gasteiger partial charge in [-0.25, -0.2) is 9.18 Å². The molecule has 1 aliphatic heterocycles. The van der Waals surface area contributed by atoms with Gasteiger partial charge >= 0.3 is 12.1 Å². The Kier molecular flexibility index (Phi) is 5.76. The fourth-order valence-corrected chi connectivity index (χ4v) is 3.64. The van der Waals surface area contributed by atoms with Crippen molar-refractivity contribution in [3.8, 4) is 5.75 Å². The zero-order valence-electron chi connectivity index (χ0n) is 16.4. The summed E-state index contributed by atoms with van der Waals surface area (Å²) in [6, 6.07) is 7.25. The van der Waals surface area contributed by atoms with E-state index in [1.165, 1.54) is 44.2 Å². The van der Waals surface area contributed by atoms with Crippen molar-refractivity contribution in [2.75, 3.05) is 19.1 Å². The van der Waals surface area contributed by atoms with Crippen LogP contribution in [0.15, 0.2) is 42.0 Å². The van der Waals surface area contributed by atoms with Gasteiger partial charge in [-0.3, -0.25) is 0 Å². The molecule has 2 aromatic carbocycles. The van der Waals surface area contributed by atoms with E-state index in [2.05, 4.69) is 0 Å². The van der Waals surface area contributed by atoms with Crippen molar-refractivity contribution in [1.82, 2.24) is 0 Å². The summed E-state index contributed by atoms with van der Waals surface area (Å²) in [5, 5.41) is 9.72. The lowest BCUT2D eigenvalue weighted by Gasteiger charge is -2.39. The number of nitrogens with zero attached hydrogens (tertiary/aromatic N) is 1.